The first-order valence-electron chi connectivity index (χ1n) is 7.81. The molecule has 0 spiro atoms. The van der Waals surface area contributed by atoms with E-state index < -0.39 is 12.0 Å². The highest BCUT2D eigenvalue weighted by molar-refractivity contribution is 6.31. The van der Waals surface area contributed by atoms with Gasteiger partial charge in [-0.05, 0) is 18.6 Å². The first kappa shape index (κ1) is 19.0. The molecule has 1 aromatic rings. The Morgan fingerprint density at radius 1 is 1.40 bits per heavy atom. The predicted octanol–water partition coefficient (Wildman–Crippen LogP) is 3.06. The van der Waals surface area contributed by atoms with E-state index >= 15 is 0 Å². The van der Waals surface area contributed by atoms with Gasteiger partial charge in [0.1, 0.15) is 6.61 Å². The molecular formula is C18H21ClN2O4. The fourth-order valence-corrected chi connectivity index (χ4v) is 2.88. The van der Waals surface area contributed by atoms with E-state index in [9.17, 15) is 9.59 Å². The van der Waals surface area contributed by atoms with Crippen LogP contribution in [0.1, 0.15) is 18.5 Å². The Morgan fingerprint density at radius 3 is 2.76 bits per heavy atom. The minimum Gasteiger partial charge on any atom is -0.460 e. The number of rotatable bonds is 7. The Balaban J connectivity index is 2.45. The molecule has 134 valence electrons. The van der Waals surface area contributed by atoms with E-state index in [4.69, 9.17) is 21.1 Å². The number of nitrogens with zero attached hydrogens (tertiary/aromatic N) is 1. The minimum absolute atomic E-state index is 0.122. The van der Waals surface area contributed by atoms with Crippen LogP contribution >= 0.6 is 11.6 Å². The molecule has 0 aromatic heterocycles. The van der Waals surface area contributed by atoms with E-state index in [1.54, 1.807) is 37.3 Å². The summed E-state index contributed by atoms with van der Waals surface area (Å²) in [5.74, 6) is -0.520. The second kappa shape index (κ2) is 8.69. The summed E-state index contributed by atoms with van der Waals surface area (Å²) in [5, 5.41) is 3.28. The third-order valence-electron chi connectivity index (χ3n) is 3.86. The fraction of sp³-hybridized carbons (Fsp3) is 0.333. The van der Waals surface area contributed by atoms with E-state index in [1.165, 1.54) is 12.0 Å². The third-order valence-corrected chi connectivity index (χ3v) is 4.21. The molecule has 1 heterocycles. The fourth-order valence-electron chi connectivity index (χ4n) is 2.63. The van der Waals surface area contributed by atoms with Gasteiger partial charge >= 0.3 is 12.0 Å². The minimum atomic E-state index is -0.683. The predicted molar refractivity (Wildman–Crippen MR) is 95.2 cm³/mol. The average molecular weight is 365 g/mol. The van der Waals surface area contributed by atoms with E-state index in [-0.39, 0.29) is 25.8 Å². The number of esters is 1. The van der Waals surface area contributed by atoms with E-state index in [0.717, 1.165) is 0 Å². The van der Waals surface area contributed by atoms with Gasteiger partial charge in [-0.3, -0.25) is 4.90 Å². The molecule has 0 fully saturated rings. The van der Waals surface area contributed by atoms with E-state index in [0.29, 0.717) is 21.9 Å². The van der Waals surface area contributed by atoms with Crippen LogP contribution in [0.15, 0.2) is 48.2 Å². The lowest BCUT2D eigenvalue weighted by Gasteiger charge is -2.35. The van der Waals surface area contributed by atoms with Gasteiger partial charge in [-0.2, -0.15) is 0 Å². The number of carbonyl (C=O) groups is 2. The zero-order valence-corrected chi connectivity index (χ0v) is 15.0. The Bertz CT molecular complexity index is 702. The Hall–Kier alpha value is -2.31. The molecule has 6 nitrogen and oxygen atoms in total. The lowest BCUT2D eigenvalue weighted by Crippen LogP contribution is -2.48. The summed E-state index contributed by atoms with van der Waals surface area (Å²) in [6.45, 7) is 6.05. The summed E-state index contributed by atoms with van der Waals surface area (Å²) in [6.07, 6.45) is 1.59. The van der Waals surface area contributed by atoms with Crippen LogP contribution in [-0.4, -0.2) is 43.8 Å². The number of halogens is 1. The second-order valence-corrected chi connectivity index (χ2v) is 5.84. The molecule has 2 amide bonds. The van der Waals surface area contributed by atoms with Crippen LogP contribution in [0.5, 0.6) is 0 Å². The Kier molecular flexibility index (Phi) is 6.61. The van der Waals surface area contributed by atoms with Crippen molar-refractivity contribution in [3.05, 3.63) is 58.8 Å². The summed E-state index contributed by atoms with van der Waals surface area (Å²) >= 11 is 6.27. The maximum Gasteiger partial charge on any atom is 0.338 e. The molecule has 0 unspecified atom stereocenters. The highest BCUT2D eigenvalue weighted by atomic mass is 35.5. The van der Waals surface area contributed by atoms with Crippen molar-refractivity contribution in [2.75, 3.05) is 26.9 Å². The van der Waals surface area contributed by atoms with Crippen LogP contribution in [-0.2, 0) is 14.3 Å². The number of hydrogen-bond acceptors (Lipinski definition) is 4. The van der Waals surface area contributed by atoms with Gasteiger partial charge in [0, 0.05) is 24.4 Å². The van der Waals surface area contributed by atoms with Gasteiger partial charge in [-0.25, -0.2) is 9.59 Å². The number of hydrogen-bond donors (Lipinski definition) is 1. The molecule has 0 saturated carbocycles. The van der Waals surface area contributed by atoms with Crippen molar-refractivity contribution < 1.29 is 19.1 Å². The van der Waals surface area contributed by atoms with Crippen LogP contribution in [0.3, 0.4) is 0 Å². The summed E-state index contributed by atoms with van der Waals surface area (Å²) in [7, 11) is 1.53. The Labute approximate surface area is 152 Å². The van der Waals surface area contributed by atoms with Crippen molar-refractivity contribution in [2.45, 2.75) is 13.0 Å². The number of urea groups is 1. The number of amides is 2. The molecule has 7 heteroatoms. The maximum absolute atomic E-state index is 12.7. The Morgan fingerprint density at radius 2 is 2.12 bits per heavy atom. The molecular weight excluding hydrogens is 344 g/mol. The van der Waals surface area contributed by atoms with Crippen molar-refractivity contribution >= 4 is 23.6 Å². The quantitative estimate of drug-likeness (QED) is 0.458. The van der Waals surface area contributed by atoms with Gasteiger partial charge in [0.15, 0.2) is 0 Å². The third kappa shape index (κ3) is 4.21. The number of carbonyl (C=O) groups excluding carboxylic acids is 2. The molecule has 2 rings (SSSR count). The molecule has 1 aliphatic heterocycles. The van der Waals surface area contributed by atoms with Gasteiger partial charge in [0.25, 0.3) is 0 Å². The number of ether oxygens (including phenoxy) is 2. The summed E-state index contributed by atoms with van der Waals surface area (Å²) in [4.78, 5) is 26.5. The molecule has 0 saturated heterocycles. The second-order valence-electron chi connectivity index (χ2n) is 5.43. The molecule has 0 radical (unpaired) electrons. The first-order chi connectivity index (χ1) is 12.0. The van der Waals surface area contributed by atoms with Gasteiger partial charge < -0.3 is 14.8 Å². The number of methoxy groups -OCH3 is 1. The summed E-state index contributed by atoms with van der Waals surface area (Å²) < 4.78 is 10.2. The zero-order chi connectivity index (χ0) is 18.4. The molecule has 1 atom stereocenters. The van der Waals surface area contributed by atoms with Crippen molar-refractivity contribution in [1.82, 2.24) is 10.2 Å². The average Bonchev–Trinajstić information content (AvgIpc) is 2.58. The number of allylic oxidation sites excluding steroid dienone is 1. The van der Waals surface area contributed by atoms with Crippen molar-refractivity contribution in [3.8, 4) is 0 Å². The molecule has 1 aliphatic rings. The molecule has 1 aromatic carbocycles. The highest BCUT2D eigenvalue weighted by Crippen LogP contribution is 2.34. The lowest BCUT2D eigenvalue weighted by molar-refractivity contribution is -0.140. The van der Waals surface area contributed by atoms with Crippen molar-refractivity contribution in [3.63, 3.8) is 0 Å². The zero-order valence-electron chi connectivity index (χ0n) is 14.3. The van der Waals surface area contributed by atoms with Crippen LogP contribution in [0.2, 0.25) is 5.02 Å². The van der Waals surface area contributed by atoms with Crippen LogP contribution in [0, 0.1) is 0 Å². The van der Waals surface area contributed by atoms with Gasteiger partial charge in [0.2, 0.25) is 0 Å². The number of benzene rings is 1. The van der Waals surface area contributed by atoms with Crippen LogP contribution in [0.4, 0.5) is 4.79 Å². The standard InChI is InChI=1S/C18H21ClN2O4/c1-4-9-21-12(2)15(17(22)25-11-10-24-3)16(20-18(21)23)13-7-5-6-8-14(13)19/h4-8,16H,1,9-11H2,2-3H3,(H,20,23)/t16-/m0/s1. The highest BCUT2D eigenvalue weighted by Gasteiger charge is 2.36. The molecule has 1 N–H and O–H groups in total. The van der Waals surface area contributed by atoms with Gasteiger partial charge in [-0.1, -0.05) is 35.9 Å². The van der Waals surface area contributed by atoms with Gasteiger partial charge in [-0.15, -0.1) is 6.58 Å². The molecule has 0 bridgehead atoms. The first-order valence-corrected chi connectivity index (χ1v) is 8.19. The largest absolute Gasteiger partial charge is 0.460 e. The SMILES string of the molecule is C=CCN1C(=O)N[C@@H](c2ccccc2Cl)C(C(=O)OCCOC)=C1C. The normalized spacial score (nSPS) is 17.3. The topological polar surface area (TPSA) is 67.9 Å². The van der Waals surface area contributed by atoms with Gasteiger partial charge in [0.05, 0.1) is 18.2 Å². The molecule has 25 heavy (non-hydrogen) atoms. The lowest BCUT2D eigenvalue weighted by atomic mass is 9.95. The van der Waals surface area contributed by atoms with Crippen LogP contribution in [0.25, 0.3) is 0 Å². The summed E-state index contributed by atoms with van der Waals surface area (Å²) in [6, 6.07) is 6.06. The van der Waals surface area contributed by atoms with Crippen molar-refractivity contribution in [1.29, 1.82) is 0 Å². The maximum atomic E-state index is 12.7. The van der Waals surface area contributed by atoms with Crippen LogP contribution < -0.4 is 5.32 Å². The smallest absolute Gasteiger partial charge is 0.338 e. The molecule has 0 aliphatic carbocycles. The summed E-state index contributed by atoms with van der Waals surface area (Å²) in [5.41, 5.74) is 1.48. The van der Waals surface area contributed by atoms with E-state index in [2.05, 4.69) is 11.9 Å². The van der Waals surface area contributed by atoms with Crippen molar-refractivity contribution in [2.24, 2.45) is 0 Å². The number of nitrogens with one attached hydrogen (secondary N) is 1. The van der Waals surface area contributed by atoms with E-state index in [1.807, 2.05) is 0 Å². The monoisotopic (exact) mass is 364 g/mol.